The summed E-state index contributed by atoms with van der Waals surface area (Å²) in [7, 11) is 0. The number of benzene rings is 3. The van der Waals surface area contributed by atoms with Crippen molar-refractivity contribution in [1.29, 1.82) is 0 Å². The maximum atomic E-state index is 11.6. The number of carbonyl (C=O) groups is 1. The van der Waals surface area contributed by atoms with Gasteiger partial charge < -0.3 is 9.84 Å². The van der Waals surface area contributed by atoms with Crippen molar-refractivity contribution in [2.24, 2.45) is 0 Å². The summed E-state index contributed by atoms with van der Waals surface area (Å²) < 4.78 is 5.63. The Morgan fingerprint density at radius 2 is 1.58 bits per heavy atom. The molecule has 0 fully saturated rings. The minimum Gasteiger partial charge on any atom is -0.508 e. The van der Waals surface area contributed by atoms with E-state index in [-0.39, 0.29) is 17.8 Å². The van der Waals surface area contributed by atoms with E-state index in [0.29, 0.717) is 6.54 Å². The molecule has 0 heterocycles. The number of ether oxygens (including phenoxy) is 1. The highest BCUT2D eigenvalue weighted by Gasteiger charge is 2.18. The second kappa shape index (κ2) is 7.75. The molecule has 0 saturated heterocycles. The molecule has 0 spiro atoms. The van der Waals surface area contributed by atoms with Gasteiger partial charge in [-0.15, -0.1) is 0 Å². The minimum absolute atomic E-state index is 0.245. The molecule has 0 saturated carbocycles. The zero-order valence-electron chi connectivity index (χ0n) is 15.5. The number of phenols is 1. The van der Waals surface area contributed by atoms with Crippen molar-refractivity contribution in [2.45, 2.75) is 26.9 Å². The molecule has 3 aromatic carbocycles. The fourth-order valence-corrected chi connectivity index (χ4v) is 3.38. The SMILES string of the molecule is CCN(CC)C[C@H](OC(C)=O)c1ccc2ccc3ccc(O)cc3c2c1. The van der Waals surface area contributed by atoms with E-state index >= 15 is 0 Å². The number of phenolic OH excluding ortho intramolecular Hbond substituents is 1. The van der Waals surface area contributed by atoms with Crippen molar-refractivity contribution in [1.82, 2.24) is 4.90 Å². The first-order valence-electron chi connectivity index (χ1n) is 9.06. The zero-order valence-corrected chi connectivity index (χ0v) is 15.5. The number of hydrogen-bond donors (Lipinski definition) is 1. The summed E-state index contributed by atoms with van der Waals surface area (Å²) in [5.41, 5.74) is 0.968. The Bertz CT molecular complexity index is 931. The lowest BCUT2D eigenvalue weighted by atomic mass is 9.98. The molecular weight excluding hydrogens is 326 g/mol. The zero-order chi connectivity index (χ0) is 18.7. The molecule has 136 valence electrons. The van der Waals surface area contributed by atoms with E-state index in [1.165, 1.54) is 6.92 Å². The molecular formula is C22H25NO3. The fourth-order valence-electron chi connectivity index (χ4n) is 3.38. The van der Waals surface area contributed by atoms with Crippen LogP contribution in [0.4, 0.5) is 0 Å². The molecule has 0 aliphatic heterocycles. The standard InChI is InChI=1S/C22H25NO3/c1-4-23(5-2)14-22(26-15(3)24)18-9-8-16-6-7-17-10-11-19(25)13-21(17)20(16)12-18/h6-13,22,25H,4-5,14H2,1-3H3/t22-/m0/s1. The van der Waals surface area contributed by atoms with E-state index in [1.807, 2.05) is 18.2 Å². The molecule has 0 aliphatic carbocycles. The van der Waals surface area contributed by atoms with Gasteiger partial charge in [-0.1, -0.05) is 44.2 Å². The normalized spacial score (nSPS) is 12.6. The Morgan fingerprint density at radius 3 is 2.19 bits per heavy atom. The number of rotatable bonds is 6. The van der Waals surface area contributed by atoms with Gasteiger partial charge in [0, 0.05) is 13.5 Å². The number of fused-ring (bicyclic) bond motifs is 3. The van der Waals surface area contributed by atoms with Crippen molar-refractivity contribution in [3.8, 4) is 5.75 Å². The van der Waals surface area contributed by atoms with E-state index in [2.05, 4.69) is 36.9 Å². The van der Waals surface area contributed by atoms with Gasteiger partial charge in [-0.25, -0.2) is 0 Å². The molecule has 0 bridgehead atoms. The number of nitrogens with zero attached hydrogens (tertiary/aromatic N) is 1. The largest absolute Gasteiger partial charge is 0.508 e. The monoisotopic (exact) mass is 351 g/mol. The van der Waals surface area contributed by atoms with Crippen LogP contribution in [0.25, 0.3) is 21.5 Å². The Hall–Kier alpha value is -2.59. The van der Waals surface area contributed by atoms with Gasteiger partial charge in [-0.2, -0.15) is 0 Å². The Morgan fingerprint density at radius 1 is 1.00 bits per heavy atom. The first kappa shape index (κ1) is 18.2. The van der Waals surface area contributed by atoms with Gasteiger partial charge in [-0.05, 0) is 58.4 Å². The smallest absolute Gasteiger partial charge is 0.303 e. The molecule has 26 heavy (non-hydrogen) atoms. The second-order valence-corrected chi connectivity index (χ2v) is 6.54. The number of likely N-dealkylation sites (N-methyl/N-ethyl adjacent to an activating group) is 1. The summed E-state index contributed by atoms with van der Waals surface area (Å²) in [5, 5.41) is 14.1. The highest BCUT2D eigenvalue weighted by atomic mass is 16.5. The van der Waals surface area contributed by atoms with Gasteiger partial charge in [0.25, 0.3) is 0 Å². The lowest BCUT2D eigenvalue weighted by Gasteiger charge is -2.25. The van der Waals surface area contributed by atoms with Gasteiger partial charge >= 0.3 is 5.97 Å². The Balaban J connectivity index is 2.10. The first-order valence-corrected chi connectivity index (χ1v) is 9.06. The quantitative estimate of drug-likeness (QED) is 0.519. The van der Waals surface area contributed by atoms with Gasteiger partial charge in [0.1, 0.15) is 11.9 Å². The topological polar surface area (TPSA) is 49.8 Å². The second-order valence-electron chi connectivity index (χ2n) is 6.54. The van der Waals surface area contributed by atoms with Crippen LogP contribution >= 0.6 is 0 Å². The molecule has 0 unspecified atom stereocenters. The lowest BCUT2D eigenvalue weighted by Crippen LogP contribution is -2.30. The molecule has 4 nitrogen and oxygen atoms in total. The summed E-state index contributed by atoms with van der Waals surface area (Å²) in [4.78, 5) is 13.9. The van der Waals surface area contributed by atoms with Crippen LogP contribution in [0.2, 0.25) is 0 Å². The highest BCUT2D eigenvalue weighted by Crippen LogP contribution is 2.31. The molecule has 4 heteroatoms. The number of carbonyl (C=O) groups excluding carboxylic acids is 1. The van der Waals surface area contributed by atoms with Crippen molar-refractivity contribution >= 4 is 27.5 Å². The predicted molar refractivity (Wildman–Crippen MR) is 105 cm³/mol. The Labute approximate surface area is 154 Å². The summed E-state index contributed by atoms with van der Waals surface area (Å²) in [6.07, 6.45) is -0.315. The van der Waals surface area contributed by atoms with Gasteiger partial charge in [-0.3, -0.25) is 9.69 Å². The average Bonchev–Trinajstić information content (AvgIpc) is 2.64. The van der Waals surface area contributed by atoms with Crippen molar-refractivity contribution in [3.63, 3.8) is 0 Å². The van der Waals surface area contributed by atoms with E-state index < -0.39 is 0 Å². The average molecular weight is 351 g/mol. The van der Waals surface area contributed by atoms with Crippen molar-refractivity contribution < 1.29 is 14.6 Å². The van der Waals surface area contributed by atoms with Crippen LogP contribution in [0.15, 0.2) is 48.5 Å². The number of aromatic hydroxyl groups is 1. The molecule has 0 aliphatic rings. The van der Waals surface area contributed by atoms with Crippen LogP contribution in [-0.4, -0.2) is 35.6 Å². The van der Waals surface area contributed by atoms with Gasteiger partial charge in [0.05, 0.1) is 0 Å². The Kier molecular flexibility index (Phi) is 5.43. The molecule has 1 atom stereocenters. The maximum absolute atomic E-state index is 11.6. The third-order valence-electron chi connectivity index (χ3n) is 4.85. The van der Waals surface area contributed by atoms with Crippen LogP contribution < -0.4 is 0 Å². The summed E-state index contributed by atoms with van der Waals surface area (Å²) in [6, 6.07) is 15.7. The maximum Gasteiger partial charge on any atom is 0.303 e. The number of esters is 1. The molecule has 3 aromatic rings. The molecule has 0 aromatic heterocycles. The van der Waals surface area contributed by atoms with Crippen molar-refractivity contribution in [2.75, 3.05) is 19.6 Å². The van der Waals surface area contributed by atoms with E-state index in [9.17, 15) is 9.90 Å². The molecule has 0 radical (unpaired) electrons. The minimum atomic E-state index is -0.315. The third-order valence-corrected chi connectivity index (χ3v) is 4.85. The molecule has 3 rings (SSSR count). The van der Waals surface area contributed by atoms with Gasteiger partial charge in [0.2, 0.25) is 0 Å². The fraction of sp³-hybridized carbons (Fsp3) is 0.318. The number of hydrogen-bond acceptors (Lipinski definition) is 4. The van der Waals surface area contributed by atoms with E-state index in [1.54, 1.807) is 12.1 Å². The van der Waals surface area contributed by atoms with Crippen molar-refractivity contribution in [3.05, 3.63) is 54.1 Å². The first-order chi connectivity index (χ1) is 12.5. The van der Waals surface area contributed by atoms with E-state index in [4.69, 9.17) is 4.74 Å². The van der Waals surface area contributed by atoms with Crippen LogP contribution in [0.1, 0.15) is 32.4 Å². The van der Waals surface area contributed by atoms with Crippen LogP contribution in [-0.2, 0) is 9.53 Å². The molecule has 1 N–H and O–H groups in total. The summed E-state index contributed by atoms with van der Waals surface area (Å²) >= 11 is 0. The van der Waals surface area contributed by atoms with Crippen LogP contribution in [0.5, 0.6) is 5.75 Å². The van der Waals surface area contributed by atoms with Gasteiger partial charge in [0.15, 0.2) is 0 Å². The third kappa shape index (κ3) is 3.81. The predicted octanol–water partition coefficient (Wildman–Crippen LogP) is 4.64. The lowest BCUT2D eigenvalue weighted by molar-refractivity contribution is -0.147. The van der Waals surface area contributed by atoms with E-state index in [0.717, 1.165) is 40.2 Å². The summed E-state index contributed by atoms with van der Waals surface area (Å²) in [5.74, 6) is -0.0344. The summed E-state index contributed by atoms with van der Waals surface area (Å²) in [6.45, 7) is 8.12. The van der Waals surface area contributed by atoms with Crippen LogP contribution in [0.3, 0.4) is 0 Å². The highest BCUT2D eigenvalue weighted by molar-refractivity contribution is 6.08. The van der Waals surface area contributed by atoms with Crippen LogP contribution in [0, 0.1) is 0 Å². The molecule has 0 amide bonds.